The van der Waals surface area contributed by atoms with Crippen molar-refractivity contribution in [1.82, 2.24) is 10.2 Å². The summed E-state index contributed by atoms with van der Waals surface area (Å²) in [6.45, 7) is 4.24. The number of phenolic OH excluding ortho intramolecular Hbond substituents is 1. The lowest BCUT2D eigenvalue weighted by Gasteiger charge is -2.23. The summed E-state index contributed by atoms with van der Waals surface area (Å²) in [5.74, 6) is 2.31. The summed E-state index contributed by atoms with van der Waals surface area (Å²) in [6.07, 6.45) is 7.26. The number of phenols is 1. The van der Waals surface area contributed by atoms with Crippen molar-refractivity contribution < 1.29 is 15.3 Å². The minimum absolute atomic E-state index is 0.0475. The molecule has 2 fully saturated rings. The Labute approximate surface area is 154 Å². The molecule has 2 heterocycles. The molecule has 0 bridgehead atoms. The fourth-order valence-electron chi connectivity index (χ4n) is 4.19. The van der Waals surface area contributed by atoms with E-state index in [1.54, 1.807) is 18.3 Å². The zero-order valence-electron chi connectivity index (χ0n) is 15.1. The van der Waals surface area contributed by atoms with Crippen LogP contribution >= 0.6 is 0 Å². The van der Waals surface area contributed by atoms with Crippen LogP contribution in [0.3, 0.4) is 0 Å². The number of nitrogens with zero attached hydrogens (tertiary/aromatic N) is 2. The molecule has 1 aliphatic carbocycles. The Morgan fingerprint density at radius 3 is 2.31 bits per heavy atom. The Morgan fingerprint density at radius 1 is 1.12 bits per heavy atom. The van der Waals surface area contributed by atoms with Gasteiger partial charge in [-0.1, -0.05) is 18.6 Å². The Kier molecular flexibility index (Phi) is 6.52. The molecular weight excluding hydrogens is 330 g/mol. The molecule has 0 amide bonds. The van der Waals surface area contributed by atoms with Crippen molar-refractivity contribution in [1.29, 1.82) is 0 Å². The van der Waals surface area contributed by atoms with Crippen molar-refractivity contribution in [2.45, 2.75) is 25.2 Å². The first-order valence-electron chi connectivity index (χ1n) is 9.43. The van der Waals surface area contributed by atoms with Crippen molar-refractivity contribution in [2.24, 2.45) is 16.8 Å². The van der Waals surface area contributed by atoms with Gasteiger partial charge in [0.25, 0.3) is 0 Å². The van der Waals surface area contributed by atoms with E-state index in [-0.39, 0.29) is 24.2 Å². The van der Waals surface area contributed by atoms with Crippen LogP contribution in [0.5, 0.6) is 5.75 Å². The maximum atomic E-state index is 9.62. The number of aliphatic imine (C=N–C) groups is 1. The van der Waals surface area contributed by atoms with E-state index in [0.29, 0.717) is 6.54 Å². The molecular formula is C20H29N3O3. The number of hydrogen-bond donors (Lipinski definition) is 4. The van der Waals surface area contributed by atoms with E-state index in [9.17, 15) is 10.2 Å². The van der Waals surface area contributed by atoms with Gasteiger partial charge in [-0.3, -0.25) is 0 Å². The quantitative estimate of drug-likeness (QED) is 0.662. The number of aliphatic hydroxyl groups excluding tert-OH is 2. The average Bonchev–Trinajstić information content (AvgIpc) is 3.23. The second-order valence-corrected chi connectivity index (χ2v) is 7.36. The fourth-order valence-corrected chi connectivity index (χ4v) is 4.19. The molecule has 4 rings (SSSR count). The van der Waals surface area contributed by atoms with E-state index in [4.69, 9.17) is 5.11 Å². The molecule has 1 aromatic rings. The lowest BCUT2D eigenvalue weighted by atomic mass is 9.99. The van der Waals surface area contributed by atoms with Gasteiger partial charge in [0.2, 0.25) is 5.88 Å². The van der Waals surface area contributed by atoms with Gasteiger partial charge < -0.3 is 25.5 Å². The lowest BCUT2D eigenvalue weighted by Crippen LogP contribution is -2.28. The summed E-state index contributed by atoms with van der Waals surface area (Å²) in [6, 6.07) is 7.26. The normalized spacial score (nSPS) is 25.7. The van der Waals surface area contributed by atoms with Crippen LogP contribution < -0.4 is 5.32 Å². The molecule has 142 valence electrons. The first-order valence-corrected chi connectivity index (χ1v) is 9.43. The molecule has 1 aromatic carbocycles. The topological polar surface area (TPSA) is 88.3 Å². The van der Waals surface area contributed by atoms with Gasteiger partial charge in [-0.25, -0.2) is 4.99 Å². The van der Waals surface area contributed by atoms with Crippen LogP contribution in [0.25, 0.3) is 0 Å². The second kappa shape index (κ2) is 9.05. The number of benzene rings is 1. The number of likely N-dealkylation sites (tertiary alicyclic amines) is 1. The van der Waals surface area contributed by atoms with Crippen LogP contribution in [0.2, 0.25) is 0 Å². The van der Waals surface area contributed by atoms with Gasteiger partial charge in [0.05, 0.1) is 19.4 Å². The van der Waals surface area contributed by atoms with Crippen molar-refractivity contribution in [2.75, 3.05) is 32.8 Å². The largest absolute Gasteiger partial charge is 0.508 e. The smallest absolute Gasteiger partial charge is 0.226 e. The molecule has 4 N–H and O–H groups in total. The zero-order chi connectivity index (χ0) is 18.4. The average molecular weight is 359 g/mol. The summed E-state index contributed by atoms with van der Waals surface area (Å²) in [4.78, 5) is 6.08. The van der Waals surface area contributed by atoms with Crippen LogP contribution in [-0.4, -0.2) is 59.2 Å². The van der Waals surface area contributed by atoms with E-state index in [1.165, 1.54) is 38.6 Å². The van der Waals surface area contributed by atoms with Gasteiger partial charge in [-0.2, -0.15) is 0 Å². The summed E-state index contributed by atoms with van der Waals surface area (Å²) < 4.78 is 0. The SMILES string of the molecule is OC1=CNCC=N1.OCC(CN1C[C@H]2CCC[C@H]2C1)c1ccc(O)cc1. The fraction of sp³-hybridized carbons (Fsp3) is 0.550. The van der Waals surface area contributed by atoms with Crippen LogP contribution in [0.1, 0.15) is 30.7 Å². The van der Waals surface area contributed by atoms with Gasteiger partial charge in [0, 0.05) is 31.8 Å². The monoisotopic (exact) mass is 359 g/mol. The molecule has 1 saturated heterocycles. The Bertz CT molecular complexity index is 618. The highest BCUT2D eigenvalue weighted by Crippen LogP contribution is 2.38. The molecule has 26 heavy (non-hydrogen) atoms. The Morgan fingerprint density at radius 2 is 1.81 bits per heavy atom. The number of fused-ring (bicyclic) bond motifs is 1. The number of aliphatic hydroxyl groups is 2. The number of hydrogen-bond acceptors (Lipinski definition) is 6. The Hall–Kier alpha value is -2.05. The highest BCUT2D eigenvalue weighted by Gasteiger charge is 2.36. The van der Waals surface area contributed by atoms with Crippen molar-refractivity contribution in [3.63, 3.8) is 0 Å². The van der Waals surface area contributed by atoms with E-state index in [0.717, 1.165) is 23.9 Å². The molecule has 1 unspecified atom stereocenters. The van der Waals surface area contributed by atoms with Crippen LogP contribution in [0.4, 0.5) is 0 Å². The van der Waals surface area contributed by atoms with Gasteiger partial charge in [-0.15, -0.1) is 0 Å². The highest BCUT2D eigenvalue weighted by molar-refractivity contribution is 5.62. The minimum Gasteiger partial charge on any atom is -0.508 e. The third kappa shape index (κ3) is 4.99. The molecule has 3 aliphatic rings. The number of rotatable bonds is 4. The molecule has 0 aromatic heterocycles. The first kappa shape index (κ1) is 18.7. The molecule has 0 radical (unpaired) electrons. The van der Waals surface area contributed by atoms with Crippen LogP contribution in [0, 0.1) is 11.8 Å². The van der Waals surface area contributed by atoms with Gasteiger partial charge in [0.15, 0.2) is 0 Å². The summed E-state index contributed by atoms with van der Waals surface area (Å²) in [7, 11) is 0. The third-order valence-corrected chi connectivity index (χ3v) is 5.53. The van der Waals surface area contributed by atoms with E-state index in [1.807, 2.05) is 12.1 Å². The summed E-state index contributed by atoms with van der Waals surface area (Å²) >= 11 is 0. The zero-order valence-corrected chi connectivity index (χ0v) is 15.1. The van der Waals surface area contributed by atoms with Crippen molar-refractivity contribution in [3.8, 4) is 5.75 Å². The number of nitrogens with one attached hydrogen (secondary N) is 1. The molecule has 0 spiro atoms. The maximum absolute atomic E-state index is 9.62. The van der Waals surface area contributed by atoms with Gasteiger partial charge >= 0.3 is 0 Å². The molecule has 1 saturated carbocycles. The molecule has 3 atom stereocenters. The predicted molar refractivity (Wildman–Crippen MR) is 102 cm³/mol. The minimum atomic E-state index is 0.0475. The standard InChI is InChI=1S/C16H23NO2.C4H6N2O/c18-11-15(12-4-6-16(19)7-5-12)10-17-8-13-2-1-3-14(13)9-17;7-4-3-5-1-2-6-4/h4-7,13-15,18-19H,1-3,8-11H2;2-3,5,7H,1H2/t13-,14+,15?;. The van der Waals surface area contributed by atoms with E-state index in [2.05, 4.69) is 15.2 Å². The third-order valence-electron chi connectivity index (χ3n) is 5.53. The Balaban J connectivity index is 0.000000236. The number of aromatic hydroxyl groups is 1. The second-order valence-electron chi connectivity index (χ2n) is 7.36. The van der Waals surface area contributed by atoms with Crippen molar-refractivity contribution >= 4 is 6.21 Å². The maximum Gasteiger partial charge on any atom is 0.226 e. The first-order chi connectivity index (χ1) is 12.7. The summed E-state index contributed by atoms with van der Waals surface area (Å²) in [5, 5.41) is 30.2. The lowest BCUT2D eigenvalue weighted by molar-refractivity contribution is 0.213. The highest BCUT2D eigenvalue weighted by atomic mass is 16.3. The van der Waals surface area contributed by atoms with Crippen LogP contribution in [0.15, 0.2) is 41.3 Å². The molecule has 6 heteroatoms. The van der Waals surface area contributed by atoms with Gasteiger partial charge in [0.1, 0.15) is 5.75 Å². The molecule has 6 nitrogen and oxygen atoms in total. The molecule has 2 aliphatic heterocycles. The van der Waals surface area contributed by atoms with E-state index < -0.39 is 0 Å². The van der Waals surface area contributed by atoms with Crippen LogP contribution in [-0.2, 0) is 0 Å². The van der Waals surface area contributed by atoms with Gasteiger partial charge in [-0.05, 0) is 42.4 Å². The predicted octanol–water partition coefficient (Wildman–Crippen LogP) is 2.22. The van der Waals surface area contributed by atoms with Crippen molar-refractivity contribution in [3.05, 3.63) is 41.9 Å². The van der Waals surface area contributed by atoms with E-state index >= 15 is 0 Å². The summed E-state index contributed by atoms with van der Waals surface area (Å²) in [5.41, 5.74) is 1.12.